The normalized spacial score (nSPS) is 16.7. The predicted molar refractivity (Wildman–Crippen MR) is 82.1 cm³/mol. The zero-order valence-electron chi connectivity index (χ0n) is 11.8. The zero-order valence-corrected chi connectivity index (χ0v) is 13.3. The van der Waals surface area contributed by atoms with E-state index < -0.39 is 0 Å². The minimum atomic E-state index is -0.367. The van der Waals surface area contributed by atoms with E-state index in [-0.39, 0.29) is 10.6 Å². The Hall–Kier alpha value is -1.21. The van der Waals surface area contributed by atoms with Gasteiger partial charge < -0.3 is 4.90 Å². The maximum atomic E-state index is 11.1. The van der Waals surface area contributed by atoms with Crippen molar-refractivity contribution in [3.63, 3.8) is 0 Å². The summed E-state index contributed by atoms with van der Waals surface area (Å²) in [5.41, 5.74) is 0.0664. The number of piperazine rings is 1. The molecule has 1 fully saturated rings. The van der Waals surface area contributed by atoms with E-state index in [1.54, 1.807) is 6.20 Å². The second kappa shape index (κ2) is 6.49. The molecule has 6 nitrogen and oxygen atoms in total. The third-order valence-electron chi connectivity index (χ3n) is 3.31. The maximum absolute atomic E-state index is 11.1. The molecule has 20 heavy (non-hydrogen) atoms. The standard InChI is InChI=1S/C13H19BrN4O2/c1-10(2)9-16-3-5-17(6-4-16)13-12(18(19)20)7-11(14)8-15-13/h7-8,10H,3-6,9H2,1-2H3. The smallest absolute Gasteiger partial charge is 0.312 e. The second-order valence-corrected chi connectivity index (χ2v) is 6.35. The molecule has 1 aliphatic rings. The van der Waals surface area contributed by atoms with Crippen molar-refractivity contribution in [3.8, 4) is 0 Å². The van der Waals surface area contributed by atoms with E-state index in [1.807, 2.05) is 4.90 Å². The molecular weight excluding hydrogens is 324 g/mol. The summed E-state index contributed by atoms with van der Waals surface area (Å²) in [6.45, 7) is 8.88. The lowest BCUT2D eigenvalue weighted by Gasteiger charge is -2.35. The van der Waals surface area contributed by atoms with Gasteiger partial charge in [0.25, 0.3) is 0 Å². The molecule has 0 N–H and O–H groups in total. The van der Waals surface area contributed by atoms with Crippen molar-refractivity contribution in [2.45, 2.75) is 13.8 Å². The molecule has 0 saturated carbocycles. The van der Waals surface area contributed by atoms with Crippen LogP contribution in [0.2, 0.25) is 0 Å². The summed E-state index contributed by atoms with van der Waals surface area (Å²) < 4.78 is 0.631. The summed E-state index contributed by atoms with van der Waals surface area (Å²) in [6.07, 6.45) is 1.61. The molecule has 1 aromatic rings. The number of nitrogens with zero attached hydrogens (tertiary/aromatic N) is 4. The van der Waals surface area contributed by atoms with Crippen LogP contribution in [0.5, 0.6) is 0 Å². The van der Waals surface area contributed by atoms with Gasteiger partial charge in [0.1, 0.15) is 0 Å². The summed E-state index contributed by atoms with van der Waals surface area (Å²) in [6, 6.07) is 1.52. The molecule has 0 amide bonds. The van der Waals surface area contributed by atoms with Gasteiger partial charge in [-0.15, -0.1) is 0 Å². The molecule has 0 spiro atoms. The quantitative estimate of drug-likeness (QED) is 0.621. The van der Waals surface area contributed by atoms with Crippen LogP contribution in [-0.4, -0.2) is 47.5 Å². The predicted octanol–water partition coefficient (Wildman–Crippen LogP) is 2.53. The van der Waals surface area contributed by atoms with E-state index in [0.29, 0.717) is 16.2 Å². The van der Waals surface area contributed by atoms with Crippen molar-refractivity contribution in [1.29, 1.82) is 0 Å². The first kappa shape index (κ1) is 15.2. The number of halogens is 1. The Balaban J connectivity index is 2.09. The summed E-state index contributed by atoms with van der Waals surface area (Å²) >= 11 is 3.23. The minimum Gasteiger partial charge on any atom is -0.348 e. The lowest BCUT2D eigenvalue weighted by molar-refractivity contribution is -0.384. The summed E-state index contributed by atoms with van der Waals surface area (Å²) in [5, 5.41) is 11.1. The summed E-state index contributed by atoms with van der Waals surface area (Å²) in [5.74, 6) is 1.11. The molecule has 7 heteroatoms. The fourth-order valence-electron chi connectivity index (χ4n) is 2.46. The first-order valence-corrected chi connectivity index (χ1v) is 7.54. The molecule has 2 heterocycles. The molecule has 1 saturated heterocycles. The molecule has 0 radical (unpaired) electrons. The Labute approximate surface area is 127 Å². The van der Waals surface area contributed by atoms with Crippen LogP contribution in [0.4, 0.5) is 11.5 Å². The van der Waals surface area contributed by atoms with Gasteiger partial charge in [-0.1, -0.05) is 13.8 Å². The van der Waals surface area contributed by atoms with Crippen molar-refractivity contribution in [3.05, 3.63) is 26.9 Å². The van der Waals surface area contributed by atoms with Gasteiger partial charge in [0, 0.05) is 49.5 Å². The topological polar surface area (TPSA) is 62.5 Å². The van der Waals surface area contributed by atoms with Crippen LogP contribution in [0.1, 0.15) is 13.8 Å². The van der Waals surface area contributed by atoms with E-state index >= 15 is 0 Å². The third-order valence-corrected chi connectivity index (χ3v) is 3.74. The van der Waals surface area contributed by atoms with E-state index in [2.05, 4.69) is 39.7 Å². The molecule has 0 aromatic carbocycles. The zero-order chi connectivity index (χ0) is 14.7. The molecule has 0 aliphatic carbocycles. The lowest BCUT2D eigenvalue weighted by atomic mass is 10.2. The molecule has 2 rings (SSSR count). The highest BCUT2D eigenvalue weighted by molar-refractivity contribution is 9.10. The van der Waals surface area contributed by atoms with E-state index in [9.17, 15) is 10.1 Å². The van der Waals surface area contributed by atoms with Crippen LogP contribution in [0.3, 0.4) is 0 Å². The molecule has 1 aromatic heterocycles. The summed E-state index contributed by atoms with van der Waals surface area (Å²) in [4.78, 5) is 19.4. The van der Waals surface area contributed by atoms with Crippen molar-refractivity contribution < 1.29 is 4.92 Å². The van der Waals surface area contributed by atoms with Gasteiger partial charge in [0.2, 0.25) is 5.82 Å². The number of rotatable bonds is 4. The number of pyridine rings is 1. The molecule has 0 atom stereocenters. The maximum Gasteiger partial charge on any atom is 0.312 e. The lowest BCUT2D eigenvalue weighted by Crippen LogP contribution is -2.47. The van der Waals surface area contributed by atoms with Crippen molar-refractivity contribution in [2.75, 3.05) is 37.6 Å². The number of hydrogen-bond acceptors (Lipinski definition) is 5. The Morgan fingerprint density at radius 2 is 2.05 bits per heavy atom. The van der Waals surface area contributed by atoms with Crippen molar-refractivity contribution in [2.24, 2.45) is 5.92 Å². The Morgan fingerprint density at radius 1 is 1.40 bits per heavy atom. The molecular formula is C13H19BrN4O2. The Kier molecular flexibility index (Phi) is 4.93. The van der Waals surface area contributed by atoms with Crippen LogP contribution in [0.25, 0.3) is 0 Å². The number of anilines is 1. The summed E-state index contributed by atoms with van der Waals surface area (Å²) in [7, 11) is 0. The van der Waals surface area contributed by atoms with Crippen molar-refractivity contribution >= 4 is 27.4 Å². The average molecular weight is 343 g/mol. The monoisotopic (exact) mass is 342 g/mol. The first-order chi connectivity index (χ1) is 9.47. The van der Waals surface area contributed by atoms with E-state index in [0.717, 1.165) is 32.7 Å². The van der Waals surface area contributed by atoms with Gasteiger partial charge in [-0.25, -0.2) is 4.98 Å². The average Bonchev–Trinajstić information content (AvgIpc) is 2.39. The Morgan fingerprint density at radius 3 is 2.60 bits per heavy atom. The fourth-order valence-corrected chi connectivity index (χ4v) is 2.78. The van der Waals surface area contributed by atoms with Gasteiger partial charge in [-0.05, 0) is 21.8 Å². The number of hydrogen-bond donors (Lipinski definition) is 0. The minimum absolute atomic E-state index is 0.0664. The van der Waals surface area contributed by atoms with Crippen LogP contribution in [0, 0.1) is 16.0 Å². The highest BCUT2D eigenvalue weighted by Crippen LogP contribution is 2.29. The Bertz CT molecular complexity index is 487. The molecule has 0 bridgehead atoms. The van der Waals surface area contributed by atoms with Crippen molar-refractivity contribution in [1.82, 2.24) is 9.88 Å². The van der Waals surface area contributed by atoms with E-state index in [4.69, 9.17) is 0 Å². The van der Waals surface area contributed by atoms with Gasteiger partial charge in [0.15, 0.2) is 0 Å². The molecule has 110 valence electrons. The largest absolute Gasteiger partial charge is 0.348 e. The van der Waals surface area contributed by atoms with E-state index in [1.165, 1.54) is 6.07 Å². The highest BCUT2D eigenvalue weighted by Gasteiger charge is 2.25. The second-order valence-electron chi connectivity index (χ2n) is 5.43. The third kappa shape index (κ3) is 3.67. The van der Waals surface area contributed by atoms with Crippen LogP contribution >= 0.6 is 15.9 Å². The fraction of sp³-hybridized carbons (Fsp3) is 0.615. The highest BCUT2D eigenvalue weighted by atomic mass is 79.9. The molecule has 1 aliphatic heterocycles. The number of aromatic nitrogens is 1. The van der Waals surface area contributed by atoms with Crippen LogP contribution in [0.15, 0.2) is 16.7 Å². The number of nitro groups is 1. The van der Waals surface area contributed by atoms with Crippen LogP contribution in [-0.2, 0) is 0 Å². The first-order valence-electron chi connectivity index (χ1n) is 6.74. The molecule has 0 unspecified atom stereocenters. The van der Waals surface area contributed by atoms with Gasteiger partial charge >= 0.3 is 5.69 Å². The van der Waals surface area contributed by atoms with Gasteiger partial charge in [-0.3, -0.25) is 15.0 Å². The SMILES string of the molecule is CC(C)CN1CCN(c2ncc(Br)cc2[N+](=O)[O-])CC1. The van der Waals surface area contributed by atoms with Crippen LogP contribution < -0.4 is 4.90 Å². The van der Waals surface area contributed by atoms with Gasteiger partial charge in [-0.2, -0.15) is 0 Å². The van der Waals surface area contributed by atoms with Gasteiger partial charge in [0.05, 0.1) is 4.92 Å².